The molecule has 3 unspecified atom stereocenters. The SMILES string of the molecule is CCC(Br)C(=O)NC1CCS(=O)(=O)C1C. The third-order valence-electron chi connectivity index (χ3n) is 2.82. The molecular weight excluding hydrogens is 282 g/mol. The molecule has 6 heteroatoms. The summed E-state index contributed by atoms with van der Waals surface area (Å²) in [5, 5.41) is 2.31. The molecule has 1 aliphatic rings. The van der Waals surface area contributed by atoms with Crippen LogP contribution in [0.5, 0.6) is 0 Å². The fourth-order valence-electron chi connectivity index (χ4n) is 1.61. The van der Waals surface area contributed by atoms with Gasteiger partial charge in [0, 0.05) is 6.04 Å². The van der Waals surface area contributed by atoms with Crippen molar-refractivity contribution < 1.29 is 13.2 Å². The first kappa shape index (κ1) is 13.0. The first-order chi connectivity index (χ1) is 6.88. The molecule has 0 aromatic rings. The Balaban J connectivity index is 2.59. The van der Waals surface area contributed by atoms with Gasteiger partial charge in [-0.05, 0) is 19.8 Å². The molecule has 0 aromatic carbocycles. The van der Waals surface area contributed by atoms with E-state index in [-0.39, 0.29) is 22.5 Å². The Kier molecular flexibility index (Phi) is 4.17. The van der Waals surface area contributed by atoms with Crippen LogP contribution in [0.25, 0.3) is 0 Å². The van der Waals surface area contributed by atoms with Crippen LogP contribution in [0.15, 0.2) is 0 Å². The molecule has 0 bridgehead atoms. The fraction of sp³-hybridized carbons (Fsp3) is 0.889. The van der Waals surface area contributed by atoms with Crippen LogP contribution in [0.2, 0.25) is 0 Å². The van der Waals surface area contributed by atoms with Gasteiger partial charge in [-0.1, -0.05) is 22.9 Å². The molecular formula is C9H16BrNO3S. The monoisotopic (exact) mass is 297 g/mol. The van der Waals surface area contributed by atoms with E-state index in [9.17, 15) is 13.2 Å². The van der Waals surface area contributed by atoms with Crippen LogP contribution < -0.4 is 5.32 Å². The third kappa shape index (κ3) is 2.93. The van der Waals surface area contributed by atoms with E-state index in [2.05, 4.69) is 21.2 Å². The van der Waals surface area contributed by atoms with Crippen molar-refractivity contribution in [2.45, 2.75) is 42.8 Å². The Morgan fingerprint density at radius 3 is 2.60 bits per heavy atom. The predicted molar refractivity (Wildman–Crippen MR) is 62.8 cm³/mol. The molecule has 1 aliphatic heterocycles. The zero-order valence-corrected chi connectivity index (χ0v) is 11.3. The van der Waals surface area contributed by atoms with Gasteiger partial charge in [0.05, 0.1) is 15.8 Å². The smallest absolute Gasteiger partial charge is 0.234 e. The Bertz CT molecular complexity index is 341. The maximum Gasteiger partial charge on any atom is 0.234 e. The maximum absolute atomic E-state index is 11.5. The lowest BCUT2D eigenvalue weighted by Gasteiger charge is -2.17. The minimum atomic E-state index is -2.98. The van der Waals surface area contributed by atoms with Crippen molar-refractivity contribution in [3.63, 3.8) is 0 Å². The summed E-state index contributed by atoms with van der Waals surface area (Å²) in [6.07, 6.45) is 1.22. The molecule has 0 saturated carbocycles. The van der Waals surface area contributed by atoms with E-state index in [1.807, 2.05) is 6.92 Å². The summed E-state index contributed by atoms with van der Waals surface area (Å²) in [5.41, 5.74) is 0. The molecule has 1 heterocycles. The zero-order chi connectivity index (χ0) is 11.6. The van der Waals surface area contributed by atoms with Gasteiger partial charge < -0.3 is 5.32 Å². The summed E-state index contributed by atoms with van der Waals surface area (Å²) in [7, 11) is -2.98. The third-order valence-corrected chi connectivity index (χ3v) is 6.15. The second-order valence-electron chi connectivity index (χ2n) is 3.85. The van der Waals surface area contributed by atoms with Gasteiger partial charge in [0.15, 0.2) is 9.84 Å². The van der Waals surface area contributed by atoms with Crippen LogP contribution in [-0.4, -0.2) is 36.2 Å². The molecule has 1 fully saturated rings. The number of alkyl halides is 1. The summed E-state index contributed by atoms with van der Waals surface area (Å²) in [4.78, 5) is 11.3. The lowest BCUT2D eigenvalue weighted by molar-refractivity contribution is -0.121. The average Bonchev–Trinajstić information content (AvgIpc) is 2.44. The quantitative estimate of drug-likeness (QED) is 0.786. The summed E-state index contributed by atoms with van der Waals surface area (Å²) in [6.45, 7) is 3.55. The van der Waals surface area contributed by atoms with Crippen molar-refractivity contribution in [3.8, 4) is 0 Å². The molecule has 1 rings (SSSR count). The lowest BCUT2D eigenvalue weighted by atomic mass is 10.1. The van der Waals surface area contributed by atoms with Crippen LogP contribution in [0.3, 0.4) is 0 Å². The van der Waals surface area contributed by atoms with E-state index in [0.29, 0.717) is 12.8 Å². The fourth-order valence-corrected chi connectivity index (χ4v) is 3.40. The highest BCUT2D eigenvalue weighted by Gasteiger charge is 2.37. The Labute approximate surface area is 98.9 Å². The van der Waals surface area contributed by atoms with Gasteiger partial charge in [0.25, 0.3) is 0 Å². The normalized spacial score (nSPS) is 31.1. The number of hydrogen-bond donors (Lipinski definition) is 1. The van der Waals surface area contributed by atoms with E-state index in [1.54, 1.807) is 6.92 Å². The largest absolute Gasteiger partial charge is 0.351 e. The van der Waals surface area contributed by atoms with Gasteiger partial charge in [-0.2, -0.15) is 0 Å². The molecule has 1 amide bonds. The van der Waals surface area contributed by atoms with Crippen molar-refractivity contribution in [3.05, 3.63) is 0 Å². The molecule has 15 heavy (non-hydrogen) atoms. The number of sulfone groups is 1. The van der Waals surface area contributed by atoms with E-state index in [1.165, 1.54) is 0 Å². The van der Waals surface area contributed by atoms with Crippen molar-refractivity contribution >= 4 is 31.7 Å². The summed E-state index contributed by atoms with van der Waals surface area (Å²) < 4.78 is 22.9. The highest BCUT2D eigenvalue weighted by Crippen LogP contribution is 2.20. The molecule has 0 aliphatic carbocycles. The van der Waals surface area contributed by atoms with E-state index in [0.717, 1.165) is 0 Å². The second-order valence-corrected chi connectivity index (χ2v) is 7.43. The number of amides is 1. The van der Waals surface area contributed by atoms with Gasteiger partial charge >= 0.3 is 0 Å². The number of nitrogens with one attached hydrogen (secondary N) is 1. The Morgan fingerprint density at radius 2 is 2.20 bits per heavy atom. The molecule has 0 radical (unpaired) electrons. The Morgan fingerprint density at radius 1 is 1.60 bits per heavy atom. The van der Waals surface area contributed by atoms with Gasteiger partial charge in [0.2, 0.25) is 5.91 Å². The van der Waals surface area contributed by atoms with Crippen LogP contribution in [0.4, 0.5) is 0 Å². The van der Waals surface area contributed by atoms with E-state index in [4.69, 9.17) is 0 Å². The van der Waals surface area contributed by atoms with Crippen LogP contribution in [0.1, 0.15) is 26.7 Å². The molecule has 4 nitrogen and oxygen atoms in total. The van der Waals surface area contributed by atoms with Crippen LogP contribution in [-0.2, 0) is 14.6 Å². The Hall–Kier alpha value is -0.100. The van der Waals surface area contributed by atoms with Crippen LogP contribution >= 0.6 is 15.9 Å². The van der Waals surface area contributed by atoms with Gasteiger partial charge in [-0.3, -0.25) is 4.79 Å². The summed E-state index contributed by atoms with van der Waals surface area (Å²) >= 11 is 3.24. The minimum absolute atomic E-state index is 0.119. The number of carbonyl (C=O) groups excluding carboxylic acids is 1. The number of halogens is 1. The molecule has 1 saturated heterocycles. The number of carbonyl (C=O) groups is 1. The molecule has 0 spiro atoms. The number of hydrogen-bond acceptors (Lipinski definition) is 3. The van der Waals surface area contributed by atoms with Crippen molar-refractivity contribution in [1.29, 1.82) is 0 Å². The standard InChI is InChI=1S/C9H16BrNO3S/c1-3-7(10)9(12)11-8-4-5-15(13,14)6(8)2/h6-8H,3-5H2,1-2H3,(H,11,12). The molecule has 1 N–H and O–H groups in total. The van der Waals surface area contributed by atoms with Gasteiger partial charge in [-0.15, -0.1) is 0 Å². The lowest BCUT2D eigenvalue weighted by Crippen LogP contribution is -2.43. The maximum atomic E-state index is 11.5. The molecule has 0 aromatic heterocycles. The van der Waals surface area contributed by atoms with Gasteiger partial charge in [-0.25, -0.2) is 8.42 Å². The van der Waals surface area contributed by atoms with Crippen molar-refractivity contribution in [1.82, 2.24) is 5.32 Å². The first-order valence-electron chi connectivity index (χ1n) is 5.04. The van der Waals surface area contributed by atoms with Crippen molar-refractivity contribution in [2.24, 2.45) is 0 Å². The molecule has 88 valence electrons. The van der Waals surface area contributed by atoms with Crippen molar-refractivity contribution in [2.75, 3.05) is 5.75 Å². The topological polar surface area (TPSA) is 63.2 Å². The zero-order valence-electron chi connectivity index (χ0n) is 8.86. The predicted octanol–water partition coefficient (Wildman–Crippen LogP) is 0.852. The van der Waals surface area contributed by atoms with E-state index < -0.39 is 15.1 Å². The summed E-state index contributed by atoms with van der Waals surface area (Å²) in [5.74, 6) is 0.0597. The highest BCUT2D eigenvalue weighted by atomic mass is 79.9. The summed E-state index contributed by atoms with van der Waals surface area (Å²) in [6, 6.07) is -0.228. The second kappa shape index (κ2) is 4.82. The first-order valence-corrected chi connectivity index (χ1v) is 7.67. The van der Waals surface area contributed by atoms with E-state index >= 15 is 0 Å². The van der Waals surface area contributed by atoms with Gasteiger partial charge in [0.1, 0.15) is 0 Å². The average molecular weight is 298 g/mol. The van der Waals surface area contributed by atoms with Crippen LogP contribution in [0, 0.1) is 0 Å². The minimum Gasteiger partial charge on any atom is -0.351 e. The number of rotatable bonds is 3. The molecule has 3 atom stereocenters. The highest BCUT2D eigenvalue weighted by molar-refractivity contribution is 9.10.